The molecule has 0 aliphatic carbocycles. The van der Waals surface area contributed by atoms with Crippen molar-refractivity contribution in [2.45, 2.75) is 20.8 Å². The van der Waals surface area contributed by atoms with Gasteiger partial charge in [0.2, 0.25) is 0 Å². The van der Waals surface area contributed by atoms with Crippen LogP contribution in [0.4, 0.5) is 0 Å². The number of ether oxygens (including phenoxy) is 2. The van der Waals surface area contributed by atoms with Gasteiger partial charge in [0.1, 0.15) is 11.5 Å². The topological polar surface area (TPSA) is 59.9 Å². The van der Waals surface area contributed by atoms with E-state index < -0.39 is 0 Å². The number of rotatable bonds is 7. The van der Waals surface area contributed by atoms with Crippen molar-refractivity contribution in [2.75, 3.05) is 13.2 Å². The number of aryl methyl sites for hydroxylation is 1. The number of nitrogens with one attached hydrogen (secondary N) is 1. The Hall–Kier alpha value is -2.53. The first-order valence-corrected chi connectivity index (χ1v) is 8.32. The highest BCUT2D eigenvalue weighted by molar-refractivity contribution is 6.30. The lowest BCUT2D eigenvalue weighted by molar-refractivity contribution is -0.123. The molecule has 25 heavy (non-hydrogen) atoms. The molecule has 0 saturated carbocycles. The Morgan fingerprint density at radius 1 is 1.16 bits per heavy atom. The minimum atomic E-state index is -0.334. The predicted octanol–water partition coefficient (Wildman–Crippen LogP) is 3.97. The second kappa shape index (κ2) is 9.08. The number of carbonyl (C=O) groups is 1. The summed E-state index contributed by atoms with van der Waals surface area (Å²) in [5.74, 6) is 1.08. The van der Waals surface area contributed by atoms with Gasteiger partial charge in [-0.2, -0.15) is 5.10 Å². The van der Waals surface area contributed by atoms with E-state index in [-0.39, 0.29) is 12.5 Å². The van der Waals surface area contributed by atoms with Crippen LogP contribution in [0.25, 0.3) is 0 Å². The third kappa shape index (κ3) is 5.80. The fraction of sp³-hybridized carbons (Fsp3) is 0.263. The summed E-state index contributed by atoms with van der Waals surface area (Å²) in [6.07, 6.45) is 0. The van der Waals surface area contributed by atoms with Gasteiger partial charge < -0.3 is 9.47 Å². The van der Waals surface area contributed by atoms with Crippen molar-refractivity contribution < 1.29 is 14.3 Å². The lowest BCUT2D eigenvalue weighted by Gasteiger charge is -2.09. The summed E-state index contributed by atoms with van der Waals surface area (Å²) >= 11 is 5.89. The Bertz CT molecular complexity index is 758. The summed E-state index contributed by atoms with van der Waals surface area (Å²) in [7, 11) is 0. The third-order valence-electron chi connectivity index (χ3n) is 3.43. The van der Waals surface area contributed by atoms with Crippen molar-refractivity contribution in [2.24, 2.45) is 5.10 Å². The molecule has 2 rings (SSSR count). The van der Waals surface area contributed by atoms with Gasteiger partial charge in [0.15, 0.2) is 6.61 Å². The molecule has 0 spiro atoms. The van der Waals surface area contributed by atoms with Crippen LogP contribution in [0.5, 0.6) is 11.5 Å². The van der Waals surface area contributed by atoms with Crippen LogP contribution < -0.4 is 14.9 Å². The summed E-state index contributed by atoms with van der Waals surface area (Å²) in [4.78, 5) is 11.9. The number of hydrogen-bond acceptors (Lipinski definition) is 4. The van der Waals surface area contributed by atoms with Crippen LogP contribution in [0.1, 0.15) is 25.0 Å². The molecular formula is C19H21ClN2O3. The summed E-state index contributed by atoms with van der Waals surface area (Å²) in [5, 5.41) is 4.72. The highest BCUT2D eigenvalue weighted by Crippen LogP contribution is 2.21. The zero-order valence-electron chi connectivity index (χ0n) is 14.5. The molecule has 0 heterocycles. The van der Waals surface area contributed by atoms with Gasteiger partial charge >= 0.3 is 0 Å². The molecule has 0 saturated heterocycles. The molecule has 2 aromatic carbocycles. The molecule has 1 amide bonds. The first kappa shape index (κ1) is 18.8. The van der Waals surface area contributed by atoms with Crippen molar-refractivity contribution in [1.29, 1.82) is 0 Å². The molecule has 0 aliphatic rings. The van der Waals surface area contributed by atoms with E-state index >= 15 is 0 Å². The van der Waals surface area contributed by atoms with E-state index in [9.17, 15) is 4.79 Å². The summed E-state index contributed by atoms with van der Waals surface area (Å²) < 4.78 is 10.9. The molecule has 5 nitrogen and oxygen atoms in total. The van der Waals surface area contributed by atoms with Gasteiger partial charge in [-0.25, -0.2) is 5.43 Å². The Morgan fingerprint density at radius 3 is 2.52 bits per heavy atom. The number of nitrogens with zero attached hydrogens (tertiary/aromatic N) is 1. The quantitative estimate of drug-likeness (QED) is 0.600. The van der Waals surface area contributed by atoms with E-state index in [1.165, 1.54) is 0 Å². The van der Waals surface area contributed by atoms with Gasteiger partial charge in [-0.1, -0.05) is 11.6 Å². The maximum absolute atomic E-state index is 11.9. The lowest BCUT2D eigenvalue weighted by Crippen LogP contribution is -2.25. The standard InChI is InChI=1S/C19H21ClN2O3/c1-4-24-17-8-5-15(6-9-17)14(3)21-22-19(23)12-25-18-10-7-16(20)11-13(18)2/h5-11H,4,12H2,1-3H3,(H,22,23). The predicted molar refractivity (Wildman–Crippen MR) is 99.6 cm³/mol. The Labute approximate surface area is 152 Å². The van der Waals surface area contributed by atoms with Crippen LogP contribution in [-0.4, -0.2) is 24.8 Å². The maximum Gasteiger partial charge on any atom is 0.277 e. The van der Waals surface area contributed by atoms with Gasteiger partial charge in [0.25, 0.3) is 5.91 Å². The van der Waals surface area contributed by atoms with Gasteiger partial charge in [-0.3, -0.25) is 4.79 Å². The molecule has 0 fully saturated rings. The van der Waals surface area contributed by atoms with E-state index in [1.54, 1.807) is 18.2 Å². The number of carbonyl (C=O) groups excluding carboxylic acids is 1. The molecule has 132 valence electrons. The fourth-order valence-corrected chi connectivity index (χ4v) is 2.35. The van der Waals surface area contributed by atoms with Crippen molar-refractivity contribution >= 4 is 23.2 Å². The average molecular weight is 361 g/mol. The molecule has 0 aliphatic heterocycles. The van der Waals surface area contributed by atoms with E-state index in [1.807, 2.05) is 45.0 Å². The molecule has 1 N–H and O–H groups in total. The Kier molecular flexibility index (Phi) is 6.83. The normalized spacial score (nSPS) is 11.1. The van der Waals surface area contributed by atoms with Crippen LogP contribution in [0, 0.1) is 6.92 Å². The van der Waals surface area contributed by atoms with Crippen molar-refractivity contribution in [3.8, 4) is 11.5 Å². The highest BCUT2D eigenvalue weighted by Gasteiger charge is 2.05. The van der Waals surface area contributed by atoms with Crippen LogP contribution in [0.2, 0.25) is 5.02 Å². The number of benzene rings is 2. The van der Waals surface area contributed by atoms with Gasteiger partial charge in [-0.05, 0) is 74.4 Å². The van der Waals surface area contributed by atoms with Gasteiger partial charge in [0, 0.05) is 5.02 Å². The number of amides is 1. The summed E-state index contributed by atoms with van der Waals surface area (Å²) in [6, 6.07) is 12.8. The fourth-order valence-electron chi connectivity index (χ4n) is 2.12. The minimum absolute atomic E-state index is 0.122. The van der Waals surface area contributed by atoms with E-state index in [2.05, 4.69) is 10.5 Å². The largest absolute Gasteiger partial charge is 0.494 e. The molecule has 6 heteroatoms. The van der Waals surface area contributed by atoms with Crippen molar-refractivity contribution in [3.05, 3.63) is 58.6 Å². The molecule has 0 radical (unpaired) electrons. The smallest absolute Gasteiger partial charge is 0.277 e. The second-order valence-corrected chi connectivity index (χ2v) is 5.82. The monoisotopic (exact) mass is 360 g/mol. The highest BCUT2D eigenvalue weighted by atomic mass is 35.5. The van der Waals surface area contributed by atoms with Crippen LogP contribution in [0.3, 0.4) is 0 Å². The molecule has 0 atom stereocenters. The van der Waals surface area contributed by atoms with Gasteiger partial charge in [-0.15, -0.1) is 0 Å². The number of halogens is 1. The Morgan fingerprint density at radius 2 is 1.88 bits per heavy atom. The molecule has 0 bridgehead atoms. The zero-order valence-corrected chi connectivity index (χ0v) is 15.3. The van der Waals surface area contributed by atoms with Crippen molar-refractivity contribution in [3.63, 3.8) is 0 Å². The molecule has 0 aromatic heterocycles. The Balaban J connectivity index is 1.88. The molecular weight excluding hydrogens is 340 g/mol. The number of hydrazone groups is 1. The van der Waals surface area contributed by atoms with Crippen LogP contribution >= 0.6 is 11.6 Å². The minimum Gasteiger partial charge on any atom is -0.494 e. The second-order valence-electron chi connectivity index (χ2n) is 5.39. The SMILES string of the molecule is CCOc1ccc(C(C)=NNC(=O)COc2ccc(Cl)cc2C)cc1. The third-order valence-corrected chi connectivity index (χ3v) is 3.66. The van der Waals surface area contributed by atoms with E-state index in [0.717, 1.165) is 16.9 Å². The number of hydrogen-bond donors (Lipinski definition) is 1. The zero-order chi connectivity index (χ0) is 18.2. The summed E-state index contributed by atoms with van der Waals surface area (Å²) in [6.45, 7) is 6.12. The summed E-state index contributed by atoms with van der Waals surface area (Å²) in [5.41, 5.74) is 4.95. The van der Waals surface area contributed by atoms with Crippen LogP contribution in [0.15, 0.2) is 47.6 Å². The first-order valence-electron chi connectivity index (χ1n) is 7.95. The lowest BCUT2D eigenvalue weighted by atomic mass is 10.1. The van der Waals surface area contributed by atoms with E-state index in [4.69, 9.17) is 21.1 Å². The van der Waals surface area contributed by atoms with Crippen LogP contribution in [-0.2, 0) is 4.79 Å². The van der Waals surface area contributed by atoms with Gasteiger partial charge in [0.05, 0.1) is 12.3 Å². The maximum atomic E-state index is 11.9. The van der Waals surface area contributed by atoms with Crippen molar-refractivity contribution in [1.82, 2.24) is 5.43 Å². The first-order chi connectivity index (χ1) is 12.0. The molecule has 0 unspecified atom stereocenters. The van der Waals surface area contributed by atoms with E-state index in [0.29, 0.717) is 23.1 Å². The average Bonchev–Trinajstić information content (AvgIpc) is 2.60. The molecule has 2 aromatic rings.